The van der Waals surface area contributed by atoms with Crippen LogP contribution in [0.15, 0.2) is 12.1 Å². The first kappa shape index (κ1) is 10.3. The number of hydrogen-bond acceptors (Lipinski definition) is 2. The van der Waals surface area contributed by atoms with Crippen LogP contribution in [0.5, 0.6) is 0 Å². The van der Waals surface area contributed by atoms with Gasteiger partial charge in [-0.15, -0.1) is 11.3 Å². The highest BCUT2D eigenvalue weighted by molar-refractivity contribution is 7.12. The van der Waals surface area contributed by atoms with Crippen LogP contribution in [-0.4, -0.2) is 11.1 Å². The van der Waals surface area contributed by atoms with Gasteiger partial charge in [0.1, 0.15) is 0 Å². The van der Waals surface area contributed by atoms with Crippen molar-refractivity contribution in [2.45, 2.75) is 26.7 Å². The average molecular weight is 198 g/mol. The van der Waals surface area contributed by atoms with Gasteiger partial charge in [-0.2, -0.15) is 0 Å². The molecule has 3 heteroatoms. The van der Waals surface area contributed by atoms with Gasteiger partial charge in [-0.05, 0) is 24.5 Å². The van der Waals surface area contributed by atoms with Crippen molar-refractivity contribution in [3.63, 3.8) is 0 Å². The lowest BCUT2D eigenvalue weighted by atomic mass is 10.1. The Morgan fingerprint density at radius 3 is 2.62 bits per heavy atom. The Morgan fingerprint density at radius 1 is 1.46 bits per heavy atom. The molecule has 0 fully saturated rings. The van der Waals surface area contributed by atoms with Gasteiger partial charge in [-0.25, -0.2) is 0 Å². The Morgan fingerprint density at radius 2 is 2.08 bits per heavy atom. The number of aliphatic carboxylic acids is 1. The van der Waals surface area contributed by atoms with Gasteiger partial charge in [-0.3, -0.25) is 4.79 Å². The van der Waals surface area contributed by atoms with Gasteiger partial charge >= 0.3 is 5.97 Å². The lowest BCUT2D eigenvalue weighted by molar-refractivity contribution is -0.136. The van der Waals surface area contributed by atoms with E-state index in [-0.39, 0.29) is 6.42 Å². The van der Waals surface area contributed by atoms with Crippen LogP contribution in [0.4, 0.5) is 0 Å². The summed E-state index contributed by atoms with van der Waals surface area (Å²) in [6, 6.07) is 3.94. The van der Waals surface area contributed by atoms with Crippen LogP contribution in [0.2, 0.25) is 0 Å². The zero-order valence-corrected chi connectivity index (χ0v) is 8.73. The van der Waals surface area contributed by atoms with Crippen molar-refractivity contribution in [1.82, 2.24) is 0 Å². The third-order valence-electron chi connectivity index (χ3n) is 1.65. The van der Waals surface area contributed by atoms with Crippen molar-refractivity contribution < 1.29 is 9.90 Å². The molecule has 0 atom stereocenters. The summed E-state index contributed by atoms with van der Waals surface area (Å²) in [5, 5.41) is 8.56. The Labute approximate surface area is 82.2 Å². The third kappa shape index (κ3) is 3.59. The van der Waals surface area contributed by atoms with E-state index in [4.69, 9.17) is 5.11 Å². The van der Waals surface area contributed by atoms with Crippen LogP contribution in [0, 0.1) is 5.92 Å². The molecule has 0 amide bonds. The fraction of sp³-hybridized carbons (Fsp3) is 0.500. The van der Waals surface area contributed by atoms with Crippen molar-refractivity contribution >= 4 is 17.3 Å². The first-order valence-electron chi connectivity index (χ1n) is 4.37. The van der Waals surface area contributed by atoms with Crippen LogP contribution in [0.1, 0.15) is 23.6 Å². The van der Waals surface area contributed by atoms with Crippen molar-refractivity contribution in [2.75, 3.05) is 0 Å². The van der Waals surface area contributed by atoms with E-state index >= 15 is 0 Å². The summed E-state index contributed by atoms with van der Waals surface area (Å²) < 4.78 is 0. The third-order valence-corrected chi connectivity index (χ3v) is 2.76. The second-order valence-corrected chi connectivity index (χ2v) is 4.79. The molecule has 0 aliphatic heterocycles. The maximum absolute atomic E-state index is 10.4. The highest BCUT2D eigenvalue weighted by Gasteiger charge is 2.05. The second-order valence-electron chi connectivity index (χ2n) is 3.54. The molecule has 1 heterocycles. The summed E-state index contributed by atoms with van der Waals surface area (Å²) in [6.07, 6.45) is 1.20. The van der Waals surface area contributed by atoms with E-state index in [1.807, 2.05) is 12.1 Å². The van der Waals surface area contributed by atoms with E-state index < -0.39 is 5.97 Å². The molecule has 1 rings (SSSR count). The Kier molecular flexibility index (Phi) is 3.48. The Bertz CT molecular complexity index is 289. The molecule has 1 aromatic heterocycles. The van der Waals surface area contributed by atoms with Crippen LogP contribution in [0.3, 0.4) is 0 Å². The molecule has 72 valence electrons. The summed E-state index contributed by atoms with van der Waals surface area (Å²) in [5.41, 5.74) is 0. The van der Waals surface area contributed by atoms with E-state index in [2.05, 4.69) is 13.8 Å². The quantitative estimate of drug-likeness (QED) is 0.807. The number of hydrogen-bond donors (Lipinski definition) is 1. The molecule has 0 saturated carbocycles. The standard InChI is InChI=1S/C10H14O2S/c1-7(2)5-8-3-4-9(13-8)6-10(11)12/h3-4,7H,5-6H2,1-2H3,(H,11,12). The van der Waals surface area contributed by atoms with Crippen molar-refractivity contribution in [2.24, 2.45) is 5.92 Å². The highest BCUT2D eigenvalue weighted by atomic mass is 32.1. The minimum atomic E-state index is -0.752. The minimum absolute atomic E-state index is 0.156. The van der Waals surface area contributed by atoms with Crippen molar-refractivity contribution in [1.29, 1.82) is 0 Å². The van der Waals surface area contributed by atoms with E-state index in [1.54, 1.807) is 11.3 Å². The first-order chi connectivity index (χ1) is 6.08. The molecule has 0 aromatic carbocycles. The van der Waals surface area contributed by atoms with Crippen LogP contribution >= 0.6 is 11.3 Å². The molecule has 0 saturated heterocycles. The molecule has 13 heavy (non-hydrogen) atoms. The summed E-state index contributed by atoms with van der Waals surface area (Å²) in [7, 11) is 0. The summed E-state index contributed by atoms with van der Waals surface area (Å²) in [4.78, 5) is 12.6. The lowest BCUT2D eigenvalue weighted by Gasteiger charge is -1.99. The normalized spacial score (nSPS) is 10.7. The average Bonchev–Trinajstić information content (AvgIpc) is 2.33. The van der Waals surface area contributed by atoms with Gasteiger partial charge in [0.05, 0.1) is 6.42 Å². The minimum Gasteiger partial charge on any atom is -0.481 e. The topological polar surface area (TPSA) is 37.3 Å². The molecular formula is C10H14O2S. The molecule has 0 bridgehead atoms. The van der Waals surface area contributed by atoms with Crippen molar-refractivity contribution in [3.8, 4) is 0 Å². The second kappa shape index (κ2) is 4.42. The van der Waals surface area contributed by atoms with Gasteiger partial charge < -0.3 is 5.11 Å². The smallest absolute Gasteiger partial charge is 0.308 e. The monoisotopic (exact) mass is 198 g/mol. The predicted molar refractivity (Wildman–Crippen MR) is 54.2 cm³/mol. The van der Waals surface area contributed by atoms with E-state index in [0.717, 1.165) is 11.3 Å². The van der Waals surface area contributed by atoms with Gasteiger partial charge in [0.15, 0.2) is 0 Å². The molecule has 0 aliphatic carbocycles. The number of carboxylic acids is 1. The number of carbonyl (C=O) groups is 1. The van der Waals surface area contributed by atoms with Crippen LogP contribution in [-0.2, 0) is 17.6 Å². The largest absolute Gasteiger partial charge is 0.481 e. The Balaban J connectivity index is 2.58. The van der Waals surface area contributed by atoms with Crippen LogP contribution in [0.25, 0.3) is 0 Å². The summed E-state index contributed by atoms with van der Waals surface area (Å²) in [6.45, 7) is 4.33. The lowest BCUT2D eigenvalue weighted by Crippen LogP contribution is -1.97. The highest BCUT2D eigenvalue weighted by Crippen LogP contribution is 2.20. The van der Waals surface area contributed by atoms with Gasteiger partial charge in [-0.1, -0.05) is 13.8 Å². The Hall–Kier alpha value is -0.830. The first-order valence-corrected chi connectivity index (χ1v) is 5.19. The summed E-state index contributed by atoms with van der Waals surface area (Å²) in [5.74, 6) is -0.116. The molecule has 0 radical (unpaired) electrons. The molecule has 0 spiro atoms. The molecule has 1 aromatic rings. The van der Waals surface area contributed by atoms with Crippen LogP contribution < -0.4 is 0 Å². The zero-order chi connectivity index (χ0) is 9.84. The van der Waals surface area contributed by atoms with Crippen molar-refractivity contribution in [3.05, 3.63) is 21.9 Å². The summed E-state index contributed by atoms with van der Waals surface area (Å²) >= 11 is 1.61. The zero-order valence-electron chi connectivity index (χ0n) is 7.91. The number of carboxylic acid groups (broad SMARTS) is 1. The number of thiophene rings is 1. The van der Waals surface area contributed by atoms with Gasteiger partial charge in [0.25, 0.3) is 0 Å². The maximum atomic E-state index is 10.4. The molecule has 2 nitrogen and oxygen atoms in total. The number of rotatable bonds is 4. The predicted octanol–water partition coefficient (Wildman–Crippen LogP) is 2.57. The van der Waals surface area contributed by atoms with Gasteiger partial charge in [0, 0.05) is 9.75 Å². The molecular weight excluding hydrogens is 184 g/mol. The molecule has 0 unspecified atom stereocenters. The fourth-order valence-electron chi connectivity index (χ4n) is 1.18. The fourth-order valence-corrected chi connectivity index (χ4v) is 2.40. The van der Waals surface area contributed by atoms with Gasteiger partial charge in [0.2, 0.25) is 0 Å². The van der Waals surface area contributed by atoms with E-state index in [0.29, 0.717) is 5.92 Å². The SMILES string of the molecule is CC(C)Cc1ccc(CC(=O)O)s1. The molecule has 0 aliphatic rings. The maximum Gasteiger partial charge on any atom is 0.308 e. The van der Waals surface area contributed by atoms with E-state index in [1.165, 1.54) is 4.88 Å². The van der Waals surface area contributed by atoms with E-state index in [9.17, 15) is 4.79 Å². The molecule has 1 N–H and O–H groups in total.